The smallest absolute Gasteiger partial charge is 0.309 e. The summed E-state index contributed by atoms with van der Waals surface area (Å²) in [5.74, 6) is -0.224. The van der Waals surface area contributed by atoms with Crippen LogP contribution >= 0.6 is 11.3 Å². The molecule has 110 valence electrons. The summed E-state index contributed by atoms with van der Waals surface area (Å²) in [6.45, 7) is 2.87. The first-order valence-electron chi connectivity index (χ1n) is 6.68. The molecule has 0 saturated carbocycles. The largest absolute Gasteiger partial charge is 0.495 e. The number of piperidine rings is 1. The maximum atomic E-state index is 12.4. The van der Waals surface area contributed by atoms with Gasteiger partial charge in [-0.3, -0.25) is 9.59 Å². The molecule has 20 heavy (non-hydrogen) atoms. The molecule has 1 fully saturated rings. The molecule has 0 spiro atoms. The Morgan fingerprint density at radius 1 is 1.45 bits per heavy atom. The van der Waals surface area contributed by atoms with E-state index in [9.17, 15) is 14.7 Å². The fraction of sp³-hybridized carbons (Fsp3) is 0.571. The van der Waals surface area contributed by atoms with E-state index in [1.54, 1.807) is 18.1 Å². The van der Waals surface area contributed by atoms with Crippen LogP contribution in [0, 0.1) is 5.41 Å². The van der Waals surface area contributed by atoms with Crippen LogP contribution in [0.4, 0.5) is 0 Å². The molecular weight excluding hydrogens is 278 g/mol. The summed E-state index contributed by atoms with van der Waals surface area (Å²) in [6.07, 6.45) is 1.63. The van der Waals surface area contributed by atoms with E-state index in [0.29, 0.717) is 43.0 Å². The summed E-state index contributed by atoms with van der Waals surface area (Å²) in [7, 11) is 1.54. The second-order valence-corrected chi connectivity index (χ2v) is 5.97. The van der Waals surface area contributed by atoms with Gasteiger partial charge in [0.15, 0.2) is 0 Å². The number of carboxylic acid groups (broad SMARTS) is 1. The lowest BCUT2D eigenvalue weighted by molar-refractivity contribution is -0.152. The topological polar surface area (TPSA) is 66.8 Å². The molecule has 1 N–H and O–H groups in total. The quantitative estimate of drug-likeness (QED) is 0.927. The van der Waals surface area contributed by atoms with Crippen molar-refractivity contribution >= 4 is 23.2 Å². The van der Waals surface area contributed by atoms with E-state index >= 15 is 0 Å². The van der Waals surface area contributed by atoms with Crippen LogP contribution in [0.25, 0.3) is 0 Å². The van der Waals surface area contributed by atoms with Crippen molar-refractivity contribution in [2.75, 3.05) is 20.2 Å². The minimum atomic E-state index is -0.749. The summed E-state index contributed by atoms with van der Waals surface area (Å²) in [5, 5.41) is 11.2. The van der Waals surface area contributed by atoms with E-state index in [0.717, 1.165) is 0 Å². The Hall–Kier alpha value is -1.56. The fourth-order valence-corrected chi connectivity index (χ4v) is 3.44. The molecule has 1 aliphatic heterocycles. The van der Waals surface area contributed by atoms with E-state index in [4.69, 9.17) is 4.74 Å². The third-order valence-electron chi connectivity index (χ3n) is 4.18. The van der Waals surface area contributed by atoms with E-state index in [1.165, 1.54) is 11.3 Å². The number of nitrogens with zero attached hydrogens (tertiary/aromatic N) is 1. The lowest BCUT2D eigenvalue weighted by Gasteiger charge is -2.38. The molecule has 0 atom stereocenters. The van der Waals surface area contributed by atoms with E-state index < -0.39 is 11.4 Å². The van der Waals surface area contributed by atoms with Crippen LogP contribution in [0.2, 0.25) is 0 Å². The van der Waals surface area contributed by atoms with Crippen molar-refractivity contribution < 1.29 is 19.4 Å². The highest BCUT2D eigenvalue weighted by molar-refractivity contribution is 7.12. The maximum absolute atomic E-state index is 12.4. The summed E-state index contributed by atoms with van der Waals surface area (Å²) in [6, 6.07) is 1.77. The first kappa shape index (κ1) is 14.8. The van der Waals surface area contributed by atoms with Crippen LogP contribution in [-0.2, 0) is 4.79 Å². The Balaban J connectivity index is 2.07. The lowest BCUT2D eigenvalue weighted by Crippen LogP contribution is -2.46. The van der Waals surface area contributed by atoms with Gasteiger partial charge in [-0.25, -0.2) is 0 Å². The Morgan fingerprint density at radius 3 is 2.60 bits per heavy atom. The predicted octanol–water partition coefficient (Wildman–Crippen LogP) is 2.47. The van der Waals surface area contributed by atoms with E-state index in [1.807, 2.05) is 12.3 Å². The van der Waals surface area contributed by atoms with Gasteiger partial charge in [0.05, 0.1) is 12.5 Å². The molecule has 2 rings (SSSR count). The minimum Gasteiger partial charge on any atom is -0.495 e. The molecular formula is C14H19NO4S. The number of ether oxygens (including phenoxy) is 1. The fourth-order valence-electron chi connectivity index (χ4n) is 2.61. The molecule has 1 aromatic heterocycles. The monoisotopic (exact) mass is 297 g/mol. The van der Waals surface area contributed by atoms with Gasteiger partial charge in [0, 0.05) is 13.1 Å². The zero-order valence-electron chi connectivity index (χ0n) is 11.7. The molecule has 5 nitrogen and oxygen atoms in total. The summed E-state index contributed by atoms with van der Waals surface area (Å²) < 4.78 is 5.17. The van der Waals surface area contributed by atoms with E-state index in [2.05, 4.69) is 0 Å². The summed E-state index contributed by atoms with van der Waals surface area (Å²) in [5.41, 5.74) is -0.670. The maximum Gasteiger partial charge on any atom is 0.309 e. The average molecular weight is 297 g/mol. The number of carbonyl (C=O) groups excluding carboxylic acids is 1. The third-order valence-corrected chi connectivity index (χ3v) is 5.07. The van der Waals surface area contributed by atoms with Gasteiger partial charge in [-0.1, -0.05) is 6.92 Å². The van der Waals surface area contributed by atoms with E-state index in [-0.39, 0.29) is 5.91 Å². The normalized spacial score (nSPS) is 17.8. The zero-order valence-corrected chi connectivity index (χ0v) is 12.5. The summed E-state index contributed by atoms with van der Waals surface area (Å²) in [4.78, 5) is 26.1. The number of thiophene rings is 1. The van der Waals surface area contributed by atoms with Gasteiger partial charge in [0.25, 0.3) is 5.91 Å². The summed E-state index contributed by atoms with van der Waals surface area (Å²) >= 11 is 1.36. The number of likely N-dealkylation sites (tertiary alicyclic amines) is 1. The van der Waals surface area contributed by atoms with Crippen LogP contribution in [0.3, 0.4) is 0 Å². The number of methoxy groups -OCH3 is 1. The van der Waals surface area contributed by atoms with Crippen LogP contribution in [-0.4, -0.2) is 42.1 Å². The van der Waals surface area contributed by atoms with Crippen molar-refractivity contribution in [3.05, 3.63) is 16.3 Å². The van der Waals surface area contributed by atoms with Crippen molar-refractivity contribution in [3.8, 4) is 5.75 Å². The van der Waals surface area contributed by atoms with Gasteiger partial charge >= 0.3 is 5.97 Å². The van der Waals surface area contributed by atoms with Crippen LogP contribution in [0.15, 0.2) is 11.4 Å². The number of hydrogen-bond donors (Lipinski definition) is 1. The molecule has 0 aromatic carbocycles. The first-order chi connectivity index (χ1) is 9.54. The SMILES string of the molecule is CCC1(C(=O)O)CCN(C(=O)c2sccc2OC)CC1. The Labute approximate surface area is 122 Å². The van der Waals surface area contributed by atoms with Crippen molar-refractivity contribution in [1.82, 2.24) is 4.90 Å². The van der Waals surface area contributed by atoms with Gasteiger partial charge < -0.3 is 14.7 Å². The Kier molecular flexibility index (Phi) is 4.32. The van der Waals surface area contributed by atoms with Crippen molar-refractivity contribution in [2.45, 2.75) is 26.2 Å². The molecule has 0 radical (unpaired) electrons. The lowest BCUT2D eigenvalue weighted by atomic mass is 9.76. The Bertz CT molecular complexity index is 503. The first-order valence-corrected chi connectivity index (χ1v) is 7.56. The molecule has 0 aliphatic carbocycles. The van der Waals surface area contributed by atoms with Crippen molar-refractivity contribution in [2.24, 2.45) is 5.41 Å². The Morgan fingerprint density at radius 2 is 2.10 bits per heavy atom. The minimum absolute atomic E-state index is 0.0630. The standard InChI is InChI=1S/C14H19NO4S/c1-3-14(13(17)18)5-7-15(8-6-14)12(16)11-10(19-2)4-9-20-11/h4,9H,3,5-8H2,1-2H3,(H,17,18). The van der Waals surface area contributed by atoms with Gasteiger partial charge in [0.1, 0.15) is 10.6 Å². The number of aliphatic carboxylic acids is 1. The number of rotatable bonds is 4. The number of hydrogen-bond acceptors (Lipinski definition) is 4. The molecule has 1 aromatic rings. The highest BCUT2D eigenvalue weighted by atomic mass is 32.1. The van der Waals surface area contributed by atoms with Crippen LogP contribution < -0.4 is 4.74 Å². The second-order valence-electron chi connectivity index (χ2n) is 5.05. The zero-order chi connectivity index (χ0) is 14.8. The van der Waals surface area contributed by atoms with Gasteiger partial charge in [0.2, 0.25) is 0 Å². The molecule has 0 bridgehead atoms. The van der Waals surface area contributed by atoms with Crippen molar-refractivity contribution in [1.29, 1.82) is 0 Å². The molecule has 1 saturated heterocycles. The predicted molar refractivity (Wildman–Crippen MR) is 76.4 cm³/mol. The molecule has 6 heteroatoms. The number of amides is 1. The highest BCUT2D eigenvalue weighted by Gasteiger charge is 2.41. The molecule has 1 aliphatic rings. The van der Waals surface area contributed by atoms with Gasteiger partial charge in [-0.05, 0) is 30.7 Å². The average Bonchev–Trinajstić information content (AvgIpc) is 2.94. The van der Waals surface area contributed by atoms with Crippen molar-refractivity contribution in [3.63, 3.8) is 0 Å². The number of carboxylic acids is 1. The highest BCUT2D eigenvalue weighted by Crippen LogP contribution is 2.36. The molecule has 0 unspecified atom stereocenters. The van der Waals surface area contributed by atoms with Gasteiger partial charge in [-0.15, -0.1) is 11.3 Å². The van der Waals surface area contributed by atoms with Crippen LogP contribution in [0.1, 0.15) is 35.9 Å². The third kappa shape index (κ3) is 2.52. The second kappa shape index (κ2) is 5.83. The van der Waals surface area contributed by atoms with Crippen LogP contribution in [0.5, 0.6) is 5.75 Å². The molecule has 1 amide bonds. The number of carbonyl (C=O) groups is 2. The molecule has 2 heterocycles. The van der Waals surface area contributed by atoms with Gasteiger partial charge in [-0.2, -0.15) is 0 Å².